The van der Waals surface area contributed by atoms with Crippen LogP contribution in [0.1, 0.15) is 32.6 Å². The van der Waals surface area contributed by atoms with Crippen molar-refractivity contribution in [3.8, 4) is 5.75 Å². The standard InChI is InChI=1S/C19H29N3O2/c1-3-16-8-6-7-11-22(16)19(23)21-14-12-20(13-15-21)17-9-4-5-10-18(17)24-2/h4-5,9-10,16H,3,6-8,11-15H2,1-2H3. The highest BCUT2D eigenvalue weighted by Gasteiger charge is 2.31. The Hall–Kier alpha value is -1.91. The molecule has 0 N–H and O–H groups in total. The smallest absolute Gasteiger partial charge is 0.320 e. The number of hydrogen-bond donors (Lipinski definition) is 0. The number of amides is 2. The second-order valence-electron chi connectivity index (χ2n) is 6.68. The molecule has 2 aliphatic heterocycles. The van der Waals surface area contributed by atoms with E-state index < -0.39 is 0 Å². The number of carbonyl (C=O) groups excluding carboxylic acids is 1. The minimum atomic E-state index is 0.237. The highest BCUT2D eigenvalue weighted by atomic mass is 16.5. The summed E-state index contributed by atoms with van der Waals surface area (Å²) in [5.74, 6) is 0.902. The molecule has 1 aromatic carbocycles. The molecule has 0 bridgehead atoms. The lowest BCUT2D eigenvalue weighted by Crippen LogP contribution is -2.56. The summed E-state index contributed by atoms with van der Waals surface area (Å²) in [6.07, 6.45) is 4.61. The van der Waals surface area contributed by atoms with Gasteiger partial charge in [-0.2, -0.15) is 0 Å². The average Bonchev–Trinajstić information content (AvgIpc) is 2.67. The Morgan fingerprint density at radius 1 is 1.12 bits per heavy atom. The third-order valence-electron chi connectivity index (χ3n) is 5.32. The Bertz CT molecular complexity index is 555. The fourth-order valence-corrected chi connectivity index (χ4v) is 3.89. The van der Waals surface area contributed by atoms with E-state index in [1.54, 1.807) is 7.11 Å². The Balaban J connectivity index is 1.61. The van der Waals surface area contributed by atoms with Crippen molar-refractivity contribution < 1.29 is 9.53 Å². The molecule has 0 spiro atoms. The third-order valence-corrected chi connectivity index (χ3v) is 5.32. The van der Waals surface area contributed by atoms with Crippen molar-refractivity contribution >= 4 is 11.7 Å². The summed E-state index contributed by atoms with van der Waals surface area (Å²) in [6, 6.07) is 8.78. The van der Waals surface area contributed by atoms with Crippen LogP contribution < -0.4 is 9.64 Å². The van der Waals surface area contributed by atoms with Crippen LogP contribution >= 0.6 is 0 Å². The molecule has 5 nitrogen and oxygen atoms in total. The Morgan fingerprint density at radius 3 is 2.58 bits per heavy atom. The number of urea groups is 1. The molecule has 1 atom stereocenters. The second kappa shape index (κ2) is 7.77. The van der Waals surface area contributed by atoms with E-state index in [0.29, 0.717) is 6.04 Å². The predicted octanol–water partition coefficient (Wildman–Crippen LogP) is 3.20. The fourth-order valence-electron chi connectivity index (χ4n) is 3.89. The quantitative estimate of drug-likeness (QED) is 0.853. The molecule has 2 saturated heterocycles. The van der Waals surface area contributed by atoms with E-state index in [1.807, 2.05) is 23.1 Å². The van der Waals surface area contributed by atoms with Crippen LogP contribution in [0.25, 0.3) is 0 Å². The van der Waals surface area contributed by atoms with E-state index in [2.05, 4.69) is 22.8 Å². The molecule has 24 heavy (non-hydrogen) atoms. The van der Waals surface area contributed by atoms with Crippen molar-refractivity contribution in [2.75, 3.05) is 44.7 Å². The van der Waals surface area contributed by atoms with Gasteiger partial charge in [0.1, 0.15) is 5.75 Å². The van der Waals surface area contributed by atoms with E-state index in [-0.39, 0.29) is 6.03 Å². The molecule has 0 aliphatic carbocycles. The van der Waals surface area contributed by atoms with Crippen molar-refractivity contribution in [1.29, 1.82) is 0 Å². The molecule has 5 heteroatoms. The van der Waals surface area contributed by atoms with Gasteiger partial charge in [-0.05, 0) is 37.8 Å². The van der Waals surface area contributed by atoms with Crippen molar-refractivity contribution in [1.82, 2.24) is 9.80 Å². The normalized spacial score (nSPS) is 21.8. The van der Waals surface area contributed by atoms with Gasteiger partial charge in [0, 0.05) is 38.8 Å². The highest BCUT2D eigenvalue weighted by Crippen LogP contribution is 2.29. The van der Waals surface area contributed by atoms with Gasteiger partial charge in [0.05, 0.1) is 12.8 Å². The van der Waals surface area contributed by atoms with E-state index in [0.717, 1.165) is 63.4 Å². The van der Waals surface area contributed by atoms with Crippen LogP contribution in [0.15, 0.2) is 24.3 Å². The second-order valence-corrected chi connectivity index (χ2v) is 6.68. The lowest BCUT2D eigenvalue weighted by molar-refractivity contribution is 0.111. The highest BCUT2D eigenvalue weighted by molar-refractivity contribution is 5.75. The van der Waals surface area contributed by atoms with Gasteiger partial charge in [-0.3, -0.25) is 0 Å². The zero-order chi connectivity index (χ0) is 16.9. The first kappa shape index (κ1) is 16.9. The molecule has 2 heterocycles. The van der Waals surface area contributed by atoms with Crippen molar-refractivity contribution in [2.24, 2.45) is 0 Å². The molecule has 0 aromatic heterocycles. The number of piperidine rings is 1. The summed E-state index contributed by atoms with van der Waals surface area (Å²) in [6.45, 7) is 6.39. The fraction of sp³-hybridized carbons (Fsp3) is 0.632. The summed E-state index contributed by atoms with van der Waals surface area (Å²) >= 11 is 0. The minimum Gasteiger partial charge on any atom is -0.495 e. The van der Waals surface area contributed by atoms with Crippen LogP contribution in [0.2, 0.25) is 0 Å². The van der Waals surface area contributed by atoms with Gasteiger partial charge in [0.2, 0.25) is 0 Å². The monoisotopic (exact) mass is 331 g/mol. The number of para-hydroxylation sites is 2. The van der Waals surface area contributed by atoms with Crippen LogP contribution in [-0.2, 0) is 0 Å². The summed E-state index contributed by atoms with van der Waals surface area (Å²) in [4.78, 5) is 19.4. The zero-order valence-corrected chi connectivity index (χ0v) is 14.9. The molecule has 132 valence electrons. The van der Waals surface area contributed by atoms with Gasteiger partial charge < -0.3 is 19.4 Å². The Kier molecular flexibility index (Phi) is 5.48. The molecule has 2 fully saturated rings. The number of carbonyl (C=O) groups is 1. The number of benzene rings is 1. The van der Waals surface area contributed by atoms with Crippen LogP contribution in [0.4, 0.5) is 10.5 Å². The number of likely N-dealkylation sites (tertiary alicyclic amines) is 1. The predicted molar refractivity (Wildman–Crippen MR) is 96.8 cm³/mol. The van der Waals surface area contributed by atoms with Gasteiger partial charge in [0.15, 0.2) is 0 Å². The summed E-state index contributed by atoms with van der Waals surface area (Å²) in [5.41, 5.74) is 1.12. The maximum Gasteiger partial charge on any atom is 0.320 e. The van der Waals surface area contributed by atoms with Gasteiger partial charge in [0.25, 0.3) is 0 Å². The van der Waals surface area contributed by atoms with Crippen LogP contribution in [0.5, 0.6) is 5.75 Å². The summed E-state index contributed by atoms with van der Waals surface area (Å²) < 4.78 is 5.47. The lowest BCUT2D eigenvalue weighted by atomic mass is 10.0. The molecular formula is C19H29N3O2. The number of piperazine rings is 1. The van der Waals surface area contributed by atoms with E-state index in [1.165, 1.54) is 6.42 Å². The number of rotatable bonds is 3. The summed E-state index contributed by atoms with van der Waals surface area (Å²) in [5, 5.41) is 0. The maximum absolute atomic E-state index is 12.9. The van der Waals surface area contributed by atoms with E-state index in [9.17, 15) is 4.79 Å². The first-order valence-electron chi connectivity index (χ1n) is 9.18. The SMILES string of the molecule is CCC1CCCCN1C(=O)N1CCN(c2ccccc2OC)CC1. The van der Waals surface area contributed by atoms with E-state index in [4.69, 9.17) is 4.74 Å². The molecule has 1 unspecified atom stereocenters. The maximum atomic E-state index is 12.9. The third kappa shape index (κ3) is 3.45. The Morgan fingerprint density at radius 2 is 1.88 bits per heavy atom. The van der Waals surface area contributed by atoms with E-state index >= 15 is 0 Å². The molecule has 2 aliphatic rings. The first-order valence-corrected chi connectivity index (χ1v) is 9.18. The molecule has 0 radical (unpaired) electrons. The molecule has 0 saturated carbocycles. The number of anilines is 1. The van der Waals surface area contributed by atoms with Crippen LogP contribution in [-0.4, -0.2) is 61.7 Å². The molecule has 2 amide bonds. The topological polar surface area (TPSA) is 36.0 Å². The largest absolute Gasteiger partial charge is 0.495 e. The lowest BCUT2D eigenvalue weighted by Gasteiger charge is -2.42. The Labute approximate surface area is 145 Å². The van der Waals surface area contributed by atoms with Crippen LogP contribution in [0, 0.1) is 0 Å². The van der Waals surface area contributed by atoms with Crippen molar-refractivity contribution in [2.45, 2.75) is 38.6 Å². The molecule has 3 rings (SSSR count). The van der Waals surface area contributed by atoms with Gasteiger partial charge in [-0.25, -0.2) is 4.79 Å². The van der Waals surface area contributed by atoms with Gasteiger partial charge in [-0.1, -0.05) is 19.1 Å². The van der Waals surface area contributed by atoms with Crippen LogP contribution in [0.3, 0.4) is 0 Å². The number of ether oxygens (including phenoxy) is 1. The number of methoxy groups -OCH3 is 1. The summed E-state index contributed by atoms with van der Waals surface area (Å²) in [7, 11) is 1.71. The number of nitrogens with zero attached hydrogens (tertiary/aromatic N) is 3. The van der Waals surface area contributed by atoms with Gasteiger partial charge in [-0.15, -0.1) is 0 Å². The van der Waals surface area contributed by atoms with Crippen molar-refractivity contribution in [3.63, 3.8) is 0 Å². The number of hydrogen-bond acceptors (Lipinski definition) is 3. The first-order chi connectivity index (χ1) is 11.7. The molecular weight excluding hydrogens is 302 g/mol. The average molecular weight is 331 g/mol. The zero-order valence-electron chi connectivity index (χ0n) is 14.9. The van der Waals surface area contributed by atoms with Crippen molar-refractivity contribution in [3.05, 3.63) is 24.3 Å². The minimum absolute atomic E-state index is 0.237. The van der Waals surface area contributed by atoms with Gasteiger partial charge >= 0.3 is 6.03 Å². The molecule has 1 aromatic rings.